The van der Waals surface area contributed by atoms with Crippen LogP contribution < -0.4 is 10.2 Å². The summed E-state index contributed by atoms with van der Waals surface area (Å²) in [6.07, 6.45) is -10.2. The molecule has 34 heavy (non-hydrogen) atoms. The van der Waals surface area contributed by atoms with Gasteiger partial charge in [-0.05, 0) is 6.07 Å². The van der Waals surface area contributed by atoms with Gasteiger partial charge >= 0.3 is 18.6 Å². The first-order valence-electron chi connectivity index (χ1n) is 9.91. The smallest absolute Gasteiger partial charge is 0.447 e. The van der Waals surface area contributed by atoms with Crippen molar-refractivity contribution < 1.29 is 45.4 Å². The van der Waals surface area contributed by atoms with Gasteiger partial charge in [-0.2, -0.15) is 13.2 Å². The molecule has 0 bridgehead atoms. The number of rotatable bonds is 5. The van der Waals surface area contributed by atoms with Crippen molar-refractivity contribution in [2.45, 2.75) is 12.5 Å². The van der Waals surface area contributed by atoms with Gasteiger partial charge in [0.2, 0.25) is 0 Å². The molecule has 0 radical (unpaired) electrons. The number of hydrogen-bond acceptors (Lipinski definition) is 7. The van der Waals surface area contributed by atoms with Crippen LogP contribution in [0.3, 0.4) is 0 Å². The Kier molecular flexibility index (Phi) is 6.04. The number of nitrogens with one attached hydrogen (secondary N) is 1. The number of thiophene rings is 1. The minimum absolute atomic E-state index is 0.0324. The maximum atomic E-state index is 13.7. The Labute approximate surface area is 192 Å². The van der Waals surface area contributed by atoms with Gasteiger partial charge in [-0.25, -0.2) is 9.78 Å². The van der Waals surface area contributed by atoms with Gasteiger partial charge in [0.25, 0.3) is 5.91 Å². The first-order valence-corrected chi connectivity index (χ1v) is 10.8. The number of fused-ring (bicyclic) bond motifs is 1. The van der Waals surface area contributed by atoms with E-state index in [0.717, 1.165) is 17.4 Å². The van der Waals surface area contributed by atoms with Crippen molar-refractivity contribution in [1.82, 2.24) is 15.2 Å². The third-order valence-corrected chi connectivity index (χ3v) is 6.55. The number of ether oxygens (including phenoxy) is 2. The van der Waals surface area contributed by atoms with E-state index in [1.54, 1.807) is 4.90 Å². The highest BCUT2D eigenvalue weighted by molar-refractivity contribution is 7.17. The van der Waals surface area contributed by atoms with Crippen LogP contribution in [0, 0.1) is 5.41 Å². The van der Waals surface area contributed by atoms with Crippen LogP contribution in [0.1, 0.15) is 15.9 Å². The van der Waals surface area contributed by atoms with Gasteiger partial charge in [0.15, 0.2) is 0 Å². The minimum Gasteiger partial charge on any atom is -0.447 e. The van der Waals surface area contributed by atoms with Crippen LogP contribution in [-0.2, 0) is 15.7 Å². The number of anilines is 1. The summed E-state index contributed by atoms with van der Waals surface area (Å²) >= 11 is 0.794. The molecule has 0 unspecified atom stereocenters. The first kappa shape index (κ1) is 24.3. The van der Waals surface area contributed by atoms with E-state index in [2.05, 4.69) is 15.0 Å². The van der Waals surface area contributed by atoms with Crippen molar-refractivity contribution in [3.63, 3.8) is 0 Å². The summed E-state index contributed by atoms with van der Waals surface area (Å²) in [6, 6.07) is 0.949. The molecule has 186 valence electrons. The maximum Gasteiger partial charge on any atom is 0.522 e. The van der Waals surface area contributed by atoms with Gasteiger partial charge in [0.05, 0.1) is 28.0 Å². The van der Waals surface area contributed by atoms with Gasteiger partial charge in [-0.1, -0.05) is 0 Å². The molecule has 4 rings (SSSR count). The van der Waals surface area contributed by atoms with Crippen molar-refractivity contribution in [3.8, 4) is 0 Å². The molecule has 1 N–H and O–H groups in total. The van der Waals surface area contributed by atoms with E-state index in [1.807, 2.05) is 0 Å². The standard InChI is InChI=1S/C19H18F6N4O4S/c1-26-15(30)10-5-34-14-11(18(20,21)22)4-12(27-13(10)14)28-6-17(7-28)8-29(9-17)16(31)32-2-3-33-19(23,24)25/h4-5H,2-3,6-9H2,1H3,(H,26,30). The van der Waals surface area contributed by atoms with Crippen LogP contribution in [0.2, 0.25) is 0 Å². The zero-order chi connectivity index (χ0) is 24.9. The average Bonchev–Trinajstić information content (AvgIpc) is 3.10. The number of carbonyl (C=O) groups is 2. The van der Waals surface area contributed by atoms with Crippen LogP contribution >= 0.6 is 11.3 Å². The predicted octanol–water partition coefficient (Wildman–Crippen LogP) is 3.47. The summed E-state index contributed by atoms with van der Waals surface area (Å²) in [7, 11) is 1.37. The van der Waals surface area contributed by atoms with E-state index in [0.29, 0.717) is 13.1 Å². The number of pyridine rings is 1. The number of aromatic nitrogens is 1. The highest BCUT2D eigenvalue weighted by Gasteiger charge is 2.54. The lowest BCUT2D eigenvalue weighted by Crippen LogP contribution is -2.73. The Bertz CT molecular complexity index is 1100. The van der Waals surface area contributed by atoms with Crippen LogP contribution in [0.5, 0.6) is 0 Å². The quantitative estimate of drug-likeness (QED) is 0.488. The number of alkyl halides is 6. The number of halogens is 6. The molecule has 8 nitrogen and oxygen atoms in total. The molecule has 2 aliphatic rings. The second kappa shape index (κ2) is 8.45. The zero-order valence-electron chi connectivity index (χ0n) is 17.5. The molecule has 0 aromatic carbocycles. The predicted molar refractivity (Wildman–Crippen MR) is 108 cm³/mol. The Morgan fingerprint density at radius 3 is 2.41 bits per heavy atom. The fourth-order valence-electron chi connectivity index (χ4n) is 4.06. The number of hydrogen-bond donors (Lipinski definition) is 1. The summed E-state index contributed by atoms with van der Waals surface area (Å²) in [5.41, 5.74) is -1.23. The highest BCUT2D eigenvalue weighted by Crippen LogP contribution is 2.45. The fourth-order valence-corrected chi connectivity index (χ4v) is 5.08. The molecule has 2 aromatic rings. The largest absolute Gasteiger partial charge is 0.522 e. The van der Waals surface area contributed by atoms with Gasteiger partial charge in [-0.3, -0.25) is 9.53 Å². The number of carbonyl (C=O) groups excluding carboxylic acids is 2. The SMILES string of the molecule is CNC(=O)c1csc2c(C(F)(F)F)cc(N3CC4(CN(C(=O)OCCOC(F)(F)F)C4)C3)nc12. The summed E-state index contributed by atoms with van der Waals surface area (Å²) in [4.78, 5) is 31.2. The lowest BCUT2D eigenvalue weighted by molar-refractivity contribution is -0.326. The number of likely N-dealkylation sites (tertiary alicyclic amines) is 1. The molecule has 15 heteroatoms. The van der Waals surface area contributed by atoms with Crippen LogP contribution in [0.15, 0.2) is 11.4 Å². The molecule has 4 heterocycles. The molecule has 2 fully saturated rings. The Balaban J connectivity index is 1.40. The molecule has 0 saturated carbocycles. The van der Waals surface area contributed by atoms with Gasteiger partial charge < -0.3 is 19.9 Å². The molecular formula is C19H18F6N4O4S. The molecule has 2 aliphatic heterocycles. The third kappa shape index (κ3) is 4.71. The lowest BCUT2D eigenvalue weighted by atomic mass is 9.73. The maximum absolute atomic E-state index is 13.7. The highest BCUT2D eigenvalue weighted by atomic mass is 32.1. The monoisotopic (exact) mass is 512 g/mol. The molecule has 0 aliphatic carbocycles. The van der Waals surface area contributed by atoms with Crippen molar-refractivity contribution >= 4 is 39.4 Å². The zero-order valence-corrected chi connectivity index (χ0v) is 18.4. The molecule has 0 atom stereocenters. The number of nitrogens with zero attached hydrogens (tertiary/aromatic N) is 3. The van der Waals surface area contributed by atoms with Crippen molar-refractivity contribution in [1.29, 1.82) is 0 Å². The third-order valence-electron chi connectivity index (χ3n) is 5.55. The summed E-state index contributed by atoms with van der Waals surface area (Å²) in [5.74, 6) is -0.475. The average molecular weight is 512 g/mol. The van der Waals surface area contributed by atoms with Gasteiger partial charge in [-0.15, -0.1) is 24.5 Å². The van der Waals surface area contributed by atoms with E-state index in [4.69, 9.17) is 4.74 Å². The normalized spacial score (nSPS) is 17.5. The van der Waals surface area contributed by atoms with Gasteiger partial charge in [0.1, 0.15) is 12.4 Å². The van der Waals surface area contributed by atoms with Crippen LogP contribution in [0.4, 0.5) is 37.0 Å². The van der Waals surface area contributed by atoms with Gasteiger partial charge in [0, 0.05) is 44.0 Å². The van der Waals surface area contributed by atoms with E-state index >= 15 is 0 Å². The van der Waals surface area contributed by atoms with Crippen LogP contribution in [0.25, 0.3) is 10.2 Å². The second-order valence-corrected chi connectivity index (χ2v) is 8.93. The second-order valence-electron chi connectivity index (χ2n) is 8.05. The molecule has 2 amide bonds. The Morgan fingerprint density at radius 1 is 1.15 bits per heavy atom. The fraction of sp³-hybridized carbons (Fsp3) is 0.526. The van der Waals surface area contributed by atoms with E-state index in [1.165, 1.54) is 17.3 Å². The van der Waals surface area contributed by atoms with Crippen molar-refractivity contribution in [2.75, 3.05) is 51.3 Å². The number of amides is 2. The van der Waals surface area contributed by atoms with Crippen LogP contribution in [-0.4, -0.2) is 74.7 Å². The van der Waals surface area contributed by atoms with Crippen molar-refractivity contribution in [2.24, 2.45) is 5.41 Å². The topological polar surface area (TPSA) is 84.0 Å². The Morgan fingerprint density at radius 2 is 1.82 bits per heavy atom. The van der Waals surface area contributed by atoms with E-state index < -0.39 is 43.3 Å². The summed E-state index contributed by atoms with van der Waals surface area (Å²) in [6.45, 7) is -0.241. The summed E-state index contributed by atoms with van der Waals surface area (Å²) in [5, 5.41) is 3.72. The van der Waals surface area contributed by atoms with E-state index in [9.17, 15) is 35.9 Å². The van der Waals surface area contributed by atoms with E-state index in [-0.39, 0.29) is 40.1 Å². The molecule has 2 saturated heterocycles. The Hall–Kier alpha value is -2.81. The van der Waals surface area contributed by atoms with Crippen molar-refractivity contribution in [3.05, 3.63) is 22.6 Å². The molecule has 2 aromatic heterocycles. The lowest BCUT2D eigenvalue weighted by Gasteiger charge is -2.59. The minimum atomic E-state index is -4.81. The summed E-state index contributed by atoms with van der Waals surface area (Å²) < 4.78 is 84.9. The first-order chi connectivity index (χ1) is 15.8. The molecule has 1 spiro atoms. The molecular weight excluding hydrogens is 494 g/mol.